The van der Waals surface area contributed by atoms with Crippen molar-refractivity contribution in [1.82, 2.24) is 0 Å². The lowest BCUT2D eigenvalue weighted by Crippen LogP contribution is -1.94. The van der Waals surface area contributed by atoms with Crippen LogP contribution in [-0.2, 0) is 0 Å². The normalized spacial score (nSPS) is 11.2. The van der Waals surface area contributed by atoms with Gasteiger partial charge in [-0.15, -0.1) is 34.0 Å². The van der Waals surface area contributed by atoms with E-state index in [0.29, 0.717) is 5.56 Å². The van der Waals surface area contributed by atoms with Crippen LogP contribution in [0.3, 0.4) is 0 Å². The van der Waals surface area contributed by atoms with Crippen molar-refractivity contribution < 1.29 is 9.90 Å². The van der Waals surface area contributed by atoms with E-state index in [2.05, 4.69) is 47.9 Å². The Morgan fingerprint density at radius 1 is 0.769 bits per heavy atom. The molecule has 1 N–H and O–H groups in total. The topological polar surface area (TPSA) is 37.3 Å². The van der Waals surface area contributed by atoms with Crippen LogP contribution in [-0.4, -0.2) is 11.1 Å². The molecule has 0 radical (unpaired) electrons. The second-order valence-corrected chi connectivity index (χ2v) is 8.75. The van der Waals surface area contributed by atoms with E-state index in [0.717, 1.165) is 5.56 Å². The van der Waals surface area contributed by atoms with E-state index in [-0.39, 0.29) is 0 Å². The molecule has 0 bridgehead atoms. The van der Waals surface area contributed by atoms with E-state index >= 15 is 0 Å². The van der Waals surface area contributed by atoms with E-state index in [1.807, 2.05) is 29.5 Å². The number of carbonyl (C=O) groups is 1. The third-order valence-electron chi connectivity index (χ3n) is 3.84. The van der Waals surface area contributed by atoms with E-state index in [1.54, 1.807) is 34.8 Å². The van der Waals surface area contributed by atoms with Gasteiger partial charge in [0.25, 0.3) is 0 Å². The zero-order chi connectivity index (χ0) is 17.9. The maximum Gasteiger partial charge on any atom is 0.335 e. The first kappa shape index (κ1) is 17.0. The highest BCUT2D eigenvalue weighted by Crippen LogP contribution is 2.39. The van der Waals surface area contributed by atoms with Gasteiger partial charge in [0.05, 0.1) is 5.56 Å². The molecule has 0 saturated carbocycles. The first-order valence-electron chi connectivity index (χ1n) is 7.94. The number of carboxylic acids is 1. The summed E-state index contributed by atoms with van der Waals surface area (Å²) in [6, 6.07) is 19.8. The molecule has 0 spiro atoms. The largest absolute Gasteiger partial charge is 0.478 e. The molecule has 0 aliphatic carbocycles. The highest BCUT2D eigenvalue weighted by atomic mass is 32.1. The average molecular weight is 395 g/mol. The lowest BCUT2D eigenvalue weighted by Gasteiger charge is -1.95. The summed E-state index contributed by atoms with van der Waals surface area (Å²) in [7, 11) is 0. The molecule has 5 heteroatoms. The van der Waals surface area contributed by atoms with Crippen LogP contribution in [0.25, 0.3) is 31.7 Å². The second-order valence-electron chi connectivity index (χ2n) is 5.60. The number of hydrogen-bond acceptors (Lipinski definition) is 4. The summed E-state index contributed by atoms with van der Waals surface area (Å²) in [4.78, 5) is 17.2. The summed E-state index contributed by atoms with van der Waals surface area (Å²) in [5.41, 5.74) is 1.29. The average Bonchev–Trinajstić information content (AvgIpc) is 3.40. The lowest BCUT2D eigenvalue weighted by atomic mass is 10.1. The molecule has 0 fully saturated rings. The van der Waals surface area contributed by atoms with Crippen molar-refractivity contribution in [2.45, 2.75) is 0 Å². The molecular formula is C21H14O2S3. The van der Waals surface area contributed by atoms with Gasteiger partial charge in [-0.05, 0) is 59.5 Å². The molecule has 128 valence electrons. The van der Waals surface area contributed by atoms with Gasteiger partial charge in [-0.1, -0.05) is 24.3 Å². The van der Waals surface area contributed by atoms with Crippen molar-refractivity contribution in [2.75, 3.05) is 0 Å². The van der Waals surface area contributed by atoms with Crippen molar-refractivity contribution >= 4 is 52.1 Å². The van der Waals surface area contributed by atoms with Gasteiger partial charge in [-0.3, -0.25) is 0 Å². The fourth-order valence-electron chi connectivity index (χ4n) is 2.51. The van der Waals surface area contributed by atoms with E-state index in [4.69, 9.17) is 5.11 Å². The van der Waals surface area contributed by atoms with Crippen LogP contribution in [0.5, 0.6) is 0 Å². The van der Waals surface area contributed by atoms with Crippen LogP contribution in [0, 0.1) is 0 Å². The number of hydrogen-bond donors (Lipinski definition) is 1. The summed E-state index contributed by atoms with van der Waals surface area (Å²) in [5, 5.41) is 11.0. The monoisotopic (exact) mass is 394 g/mol. The van der Waals surface area contributed by atoms with Gasteiger partial charge in [0.2, 0.25) is 0 Å². The van der Waals surface area contributed by atoms with Crippen molar-refractivity contribution in [1.29, 1.82) is 0 Å². The number of aromatic carboxylic acids is 1. The Morgan fingerprint density at radius 3 is 2.15 bits per heavy atom. The Labute approximate surface area is 163 Å². The van der Waals surface area contributed by atoms with Crippen molar-refractivity contribution in [3.63, 3.8) is 0 Å². The third kappa shape index (κ3) is 3.70. The van der Waals surface area contributed by atoms with Crippen LogP contribution in [0.15, 0.2) is 66.0 Å². The second kappa shape index (κ2) is 7.41. The Kier molecular flexibility index (Phi) is 4.84. The Bertz CT molecular complexity index is 1050. The smallest absolute Gasteiger partial charge is 0.335 e. The predicted octanol–water partition coefficient (Wildman–Crippen LogP) is 7.07. The zero-order valence-corrected chi connectivity index (χ0v) is 16.0. The van der Waals surface area contributed by atoms with Crippen LogP contribution in [0.2, 0.25) is 0 Å². The summed E-state index contributed by atoms with van der Waals surface area (Å²) < 4.78 is 0. The fraction of sp³-hybridized carbons (Fsp3) is 0. The minimum absolute atomic E-state index is 0.305. The van der Waals surface area contributed by atoms with Crippen molar-refractivity contribution in [3.05, 3.63) is 82.0 Å². The molecular weight excluding hydrogens is 380 g/mol. The van der Waals surface area contributed by atoms with E-state index < -0.39 is 5.97 Å². The van der Waals surface area contributed by atoms with Gasteiger partial charge in [-0.2, -0.15) is 0 Å². The van der Waals surface area contributed by atoms with Crippen LogP contribution in [0.1, 0.15) is 20.8 Å². The Balaban J connectivity index is 1.50. The Hall–Kier alpha value is -2.47. The van der Waals surface area contributed by atoms with Gasteiger partial charge in [0.1, 0.15) is 0 Å². The number of rotatable bonds is 5. The first-order chi connectivity index (χ1) is 12.7. The minimum Gasteiger partial charge on any atom is -0.478 e. The van der Waals surface area contributed by atoms with Gasteiger partial charge >= 0.3 is 5.97 Å². The van der Waals surface area contributed by atoms with Gasteiger partial charge in [0.15, 0.2) is 0 Å². The predicted molar refractivity (Wildman–Crippen MR) is 113 cm³/mol. The molecule has 4 aromatic rings. The molecule has 1 aromatic carbocycles. The van der Waals surface area contributed by atoms with Crippen LogP contribution < -0.4 is 0 Å². The molecule has 0 amide bonds. The fourth-order valence-corrected chi connectivity index (χ4v) is 5.35. The number of benzene rings is 1. The van der Waals surface area contributed by atoms with Gasteiger partial charge in [-0.25, -0.2) is 4.79 Å². The number of thiophene rings is 3. The number of carboxylic acid groups (broad SMARTS) is 1. The maximum atomic E-state index is 10.9. The highest BCUT2D eigenvalue weighted by molar-refractivity contribution is 7.26. The van der Waals surface area contributed by atoms with Gasteiger partial charge in [0, 0.05) is 24.4 Å². The molecule has 26 heavy (non-hydrogen) atoms. The molecule has 3 aromatic heterocycles. The third-order valence-corrected chi connectivity index (χ3v) is 7.23. The highest BCUT2D eigenvalue weighted by Gasteiger charge is 2.07. The molecule has 3 heterocycles. The summed E-state index contributed by atoms with van der Waals surface area (Å²) >= 11 is 5.34. The van der Waals surface area contributed by atoms with E-state index in [9.17, 15) is 4.79 Å². The Morgan fingerprint density at radius 2 is 1.46 bits per heavy atom. The minimum atomic E-state index is -0.902. The molecule has 0 aliphatic heterocycles. The summed E-state index contributed by atoms with van der Waals surface area (Å²) in [6.07, 6.45) is 4.07. The molecule has 4 rings (SSSR count). The standard InChI is InChI=1S/C21H14O2S3/c22-21(23)15-6-3-14(4-7-15)5-8-16-9-10-19(25-16)20-12-11-18(26-20)17-2-1-13-24-17/h1-13H,(H,22,23). The quantitative estimate of drug-likeness (QED) is 0.393. The van der Waals surface area contributed by atoms with Crippen LogP contribution >= 0.6 is 34.0 Å². The van der Waals surface area contributed by atoms with Gasteiger partial charge < -0.3 is 5.11 Å². The lowest BCUT2D eigenvalue weighted by molar-refractivity contribution is 0.0697. The first-order valence-corrected chi connectivity index (χ1v) is 10.5. The summed E-state index contributed by atoms with van der Waals surface area (Å²) in [6.45, 7) is 0. The van der Waals surface area contributed by atoms with Crippen molar-refractivity contribution in [2.24, 2.45) is 0 Å². The molecule has 0 saturated heterocycles. The zero-order valence-electron chi connectivity index (χ0n) is 13.6. The summed E-state index contributed by atoms with van der Waals surface area (Å²) in [5.74, 6) is -0.902. The molecule has 0 aliphatic rings. The van der Waals surface area contributed by atoms with E-state index in [1.165, 1.54) is 24.4 Å². The SMILES string of the molecule is O=C(O)c1ccc(C=Cc2ccc(-c3ccc(-c4cccs4)s3)s2)cc1. The van der Waals surface area contributed by atoms with Crippen LogP contribution in [0.4, 0.5) is 0 Å². The molecule has 0 atom stereocenters. The van der Waals surface area contributed by atoms with Crippen molar-refractivity contribution in [3.8, 4) is 19.5 Å². The maximum absolute atomic E-state index is 10.9. The molecule has 0 unspecified atom stereocenters. The molecule has 2 nitrogen and oxygen atoms in total.